The molecule has 1 aromatic carbocycles. The summed E-state index contributed by atoms with van der Waals surface area (Å²) in [5, 5.41) is 7.23. The van der Waals surface area contributed by atoms with Crippen LogP contribution in [0.2, 0.25) is 0 Å². The van der Waals surface area contributed by atoms with Crippen LogP contribution in [0.1, 0.15) is 23.1 Å². The van der Waals surface area contributed by atoms with Gasteiger partial charge < -0.3 is 19.0 Å². The minimum absolute atomic E-state index is 0.0624. The molecular weight excluding hydrogens is 294 g/mol. The summed E-state index contributed by atoms with van der Waals surface area (Å²) < 4.78 is 16.3. The molecule has 0 saturated heterocycles. The van der Waals surface area contributed by atoms with Crippen molar-refractivity contribution >= 4 is 0 Å². The summed E-state index contributed by atoms with van der Waals surface area (Å²) in [6.07, 6.45) is 2.62. The Kier molecular flexibility index (Phi) is 3.92. The van der Waals surface area contributed by atoms with E-state index < -0.39 is 0 Å². The third-order valence-corrected chi connectivity index (χ3v) is 3.91. The number of benzene rings is 1. The number of hydrogen-bond acceptors (Lipinski definition) is 6. The van der Waals surface area contributed by atoms with Gasteiger partial charge in [-0.15, -0.1) is 0 Å². The van der Waals surface area contributed by atoms with Crippen LogP contribution in [-0.4, -0.2) is 23.3 Å². The van der Waals surface area contributed by atoms with Gasteiger partial charge in [0.15, 0.2) is 5.76 Å². The molecule has 0 spiro atoms. The standard InChI is InChI=1S/C17H17N3O3/c1-2-5-13-12(4-1)7-9-22-15(13)10-18-11-16-19-17(20-23-16)14-6-3-8-21-14/h1-6,8,15,18H,7,9-11H2/t15-/m0/s1. The van der Waals surface area contributed by atoms with Gasteiger partial charge in [-0.3, -0.25) is 0 Å². The zero-order valence-electron chi connectivity index (χ0n) is 12.6. The fraction of sp³-hybridized carbons (Fsp3) is 0.294. The van der Waals surface area contributed by atoms with Gasteiger partial charge in [0.1, 0.15) is 0 Å². The van der Waals surface area contributed by atoms with Gasteiger partial charge in [0.2, 0.25) is 11.7 Å². The molecule has 2 aromatic heterocycles. The normalized spacial score (nSPS) is 17.1. The fourth-order valence-corrected chi connectivity index (χ4v) is 2.79. The van der Waals surface area contributed by atoms with E-state index in [1.807, 2.05) is 6.07 Å². The van der Waals surface area contributed by atoms with Gasteiger partial charge in [-0.25, -0.2) is 0 Å². The second kappa shape index (κ2) is 6.36. The molecule has 6 heteroatoms. The van der Waals surface area contributed by atoms with E-state index in [2.05, 4.69) is 33.7 Å². The molecule has 1 N–H and O–H groups in total. The lowest BCUT2D eigenvalue weighted by atomic mass is 9.97. The number of hydrogen-bond donors (Lipinski definition) is 1. The first-order valence-corrected chi connectivity index (χ1v) is 7.67. The maximum absolute atomic E-state index is 5.86. The molecule has 6 nitrogen and oxygen atoms in total. The van der Waals surface area contributed by atoms with Crippen LogP contribution >= 0.6 is 0 Å². The van der Waals surface area contributed by atoms with Crippen LogP contribution in [0.25, 0.3) is 11.6 Å². The van der Waals surface area contributed by atoms with Gasteiger partial charge in [-0.2, -0.15) is 4.98 Å². The number of aromatic nitrogens is 2. The highest BCUT2D eigenvalue weighted by atomic mass is 16.5. The molecule has 118 valence electrons. The van der Waals surface area contributed by atoms with Crippen molar-refractivity contribution in [2.24, 2.45) is 0 Å². The van der Waals surface area contributed by atoms with Crippen LogP contribution in [0.4, 0.5) is 0 Å². The molecule has 0 saturated carbocycles. The van der Waals surface area contributed by atoms with Crippen molar-refractivity contribution in [2.75, 3.05) is 13.2 Å². The minimum Gasteiger partial charge on any atom is -0.461 e. The third kappa shape index (κ3) is 3.04. The average Bonchev–Trinajstić information content (AvgIpc) is 3.26. The maximum atomic E-state index is 5.86. The predicted molar refractivity (Wildman–Crippen MR) is 82.5 cm³/mol. The number of furan rings is 1. The fourth-order valence-electron chi connectivity index (χ4n) is 2.79. The van der Waals surface area contributed by atoms with E-state index >= 15 is 0 Å². The molecule has 3 aromatic rings. The average molecular weight is 311 g/mol. The molecular formula is C17H17N3O3. The molecule has 0 aliphatic carbocycles. The Bertz CT molecular complexity index is 767. The Balaban J connectivity index is 1.36. The third-order valence-electron chi connectivity index (χ3n) is 3.91. The van der Waals surface area contributed by atoms with Crippen molar-refractivity contribution in [3.8, 4) is 11.6 Å². The number of nitrogens with one attached hydrogen (secondary N) is 1. The summed E-state index contributed by atoms with van der Waals surface area (Å²) in [4.78, 5) is 4.30. The van der Waals surface area contributed by atoms with Gasteiger partial charge in [0, 0.05) is 6.54 Å². The van der Waals surface area contributed by atoms with Gasteiger partial charge in [0.25, 0.3) is 0 Å². The largest absolute Gasteiger partial charge is 0.461 e. The summed E-state index contributed by atoms with van der Waals surface area (Å²) in [6.45, 7) is 1.96. The second-order valence-electron chi connectivity index (χ2n) is 5.43. The van der Waals surface area contributed by atoms with Gasteiger partial charge in [-0.05, 0) is 29.7 Å². The molecule has 0 bridgehead atoms. The summed E-state index contributed by atoms with van der Waals surface area (Å²) in [5.74, 6) is 1.59. The van der Waals surface area contributed by atoms with Gasteiger partial charge >= 0.3 is 0 Å². The van der Waals surface area contributed by atoms with Crippen LogP contribution in [0.15, 0.2) is 51.6 Å². The molecule has 0 unspecified atom stereocenters. The van der Waals surface area contributed by atoms with Crippen molar-refractivity contribution in [3.63, 3.8) is 0 Å². The van der Waals surface area contributed by atoms with Crippen LogP contribution < -0.4 is 5.32 Å². The summed E-state index contributed by atoms with van der Waals surface area (Å²) >= 11 is 0. The quantitative estimate of drug-likeness (QED) is 0.781. The monoisotopic (exact) mass is 311 g/mol. The van der Waals surface area contributed by atoms with E-state index in [-0.39, 0.29) is 6.10 Å². The summed E-state index contributed by atoms with van der Waals surface area (Å²) in [5.41, 5.74) is 2.62. The Hall–Kier alpha value is -2.44. The number of nitrogens with zero attached hydrogens (tertiary/aromatic N) is 2. The molecule has 1 aliphatic heterocycles. The van der Waals surface area contributed by atoms with Gasteiger partial charge in [0.05, 0.1) is 25.5 Å². The molecule has 1 atom stereocenters. The first-order valence-electron chi connectivity index (χ1n) is 7.67. The number of fused-ring (bicyclic) bond motifs is 1. The van der Waals surface area contributed by atoms with E-state index in [0.717, 1.165) is 13.0 Å². The molecule has 1 aliphatic rings. The SMILES string of the molecule is c1coc(-c2noc(CNC[C@@H]3OCCc4ccccc43)n2)c1. The lowest BCUT2D eigenvalue weighted by Crippen LogP contribution is -2.27. The van der Waals surface area contributed by atoms with Crippen LogP contribution in [0.3, 0.4) is 0 Å². The highest BCUT2D eigenvalue weighted by Gasteiger charge is 2.20. The van der Waals surface area contributed by atoms with Gasteiger partial charge in [-0.1, -0.05) is 29.4 Å². The Morgan fingerprint density at radius 2 is 2.13 bits per heavy atom. The van der Waals surface area contributed by atoms with Crippen molar-refractivity contribution in [2.45, 2.75) is 19.1 Å². The topological polar surface area (TPSA) is 73.3 Å². The molecule has 23 heavy (non-hydrogen) atoms. The van der Waals surface area contributed by atoms with E-state index in [9.17, 15) is 0 Å². The molecule has 0 fully saturated rings. The van der Waals surface area contributed by atoms with Crippen molar-refractivity contribution in [3.05, 3.63) is 59.7 Å². The lowest BCUT2D eigenvalue weighted by molar-refractivity contribution is 0.0419. The van der Waals surface area contributed by atoms with E-state index in [1.54, 1.807) is 18.4 Å². The van der Waals surface area contributed by atoms with Crippen molar-refractivity contribution in [1.29, 1.82) is 0 Å². The van der Waals surface area contributed by atoms with Crippen molar-refractivity contribution < 1.29 is 13.7 Å². The number of rotatable bonds is 5. The summed E-state index contributed by atoms with van der Waals surface area (Å²) in [7, 11) is 0. The molecule has 0 radical (unpaired) electrons. The Labute approximate surface area is 133 Å². The van der Waals surface area contributed by atoms with Crippen molar-refractivity contribution in [1.82, 2.24) is 15.5 Å². The number of ether oxygens (including phenoxy) is 1. The second-order valence-corrected chi connectivity index (χ2v) is 5.43. The van der Waals surface area contributed by atoms with E-state index in [4.69, 9.17) is 13.7 Å². The highest BCUT2D eigenvalue weighted by molar-refractivity contribution is 5.44. The highest BCUT2D eigenvalue weighted by Crippen LogP contribution is 2.26. The maximum Gasteiger partial charge on any atom is 0.241 e. The van der Waals surface area contributed by atoms with Crippen LogP contribution in [-0.2, 0) is 17.7 Å². The Morgan fingerprint density at radius 1 is 1.17 bits per heavy atom. The summed E-state index contributed by atoms with van der Waals surface area (Å²) in [6, 6.07) is 12.0. The zero-order valence-corrected chi connectivity index (χ0v) is 12.6. The first-order chi connectivity index (χ1) is 11.4. The predicted octanol–water partition coefficient (Wildman–Crippen LogP) is 2.73. The van der Waals surface area contributed by atoms with E-state index in [0.29, 0.717) is 30.6 Å². The Morgan fingerprint density at radius 3 is 3.04 bits per heavy atom. The smallest absolute Gasteiger partial charge is 0.241 e. The first kappa shape index (κ1) is 14.2. The lowest BCUT2D eigenvalue weighted by Gasteiger charge is -2.26. The van der Waals surface area contributed by atoms with Crippen LogP contribution in [0, 0.1) is 0 Å². The zero-order chi connectivity index (χ0) is 15.5. The molecule has 3 heterocycles. The van der Waals surface area contributed by atoms with Crippen LogP contribution in [0.5, 0.6) is 0 Å². The molecule has 4 rings (SSSR count). The van der Waals surface area contributed by atoms with E-state index in [1.165, 1.54) is 11.1 Å². The molecule has 0 amide bonds. The minimum atomic E-state index is 0.0624.